The number of hydrogen-bond acceptors (Lipinski definition) is 5. The molecule has 1 aliphatic heterocycles. The lowest BCUT2D eigenvalue weighted by atomic mass is 10.1. The van der Waals surface area contributed by atoms with Gasteiger partial charge in [-0.1, -0.05) is 29.8 Å². The average Bonchev–Trinajstić information content (AvgIpc) is 3.18. The Bertz CT molecular complexity index is 1070. The molecule has 1 aromatic heterocycles. The number of carbonyl (C=O) groups excluding carboxylic acids is 2. The van der Waals surface area contributed by atoms with E-state index in [4.69, 9.17) is 21.1 Å². The zero-order valence-corrected chi connectivity index (χ0v) is 17.5. The van der Waals surface area contributed by atoms with Gasteiger partial charge in [-0.15, -0.1) is 11.3 Å². The number of para-hydroxylation sites is 1. The molecule has 2 amide bonds. The minimum absolute atomic E-state index is 0.250. The van der Waals surface area contributed by atoms with E-state index >= 15 is 0 Å². The van der Waals surface area contributed by atoms with Gasteiger partial charge in [-0.05, 0) is 41.3 Å². The van der Waals surface area contributed by atoms with Crippen molar-refractivity contribution < 1.29 is 19.1 Å². The van der Waals surface area contributed by atoms with Crippen LogP contribution in [0.5, 0.6) is 11.5 Å². The maximum atomic E-state index is 12.8. The van der Waals surface area contributed by atoms with Gasteiger partial charge in [-0.2, -0.15) is 0 Å². The second-order valence-corrected chi connectivity index (χ2v) is 7.97. The average molecular weight is 443 g/mol. The lowest BCUT2D eigenvalue weighted by molar-refractivity contribution is 0.0951. The number of thiophene rings is 1. The van der Waals surface area contributed by atoms with E-state index < -0.39 is 0 Å². The van der Waals surface area contributed by atoms with Crippen LogP contribution in [0.4, 0.5) is 5.69 Å². The Morgan fingerprint density at radius 1 is 1.03 bits per heavy atom. The molecular weight excluding hydrogens is 424 g/mol. The molecule has 30 heavy (non-hydrogen) atoms. The van der Waals surface area contributed by atoms with Gasteiger partial charge in [0.2, 0.25) is 0 Å². The van der Waals surface area contributed by atoms with E-state index in [1.165, 1.54) is 11.3 Å². The summed E-state index contributed by atoms with van der Waals surface area (Å²) in [6.45, 7) is 1.36. The monoisotopic (exact) mass is 442 g/mol. The molecule has 4 rings (SSSR count). The van der Waals surface area contributed by atoms with Crippen molar-refractivity contribution in [3.63, 3.8) is 0 Å². The van der Waals surface area contributed by atoms with Crippen LogP contribution in [-0.2, 0) is 6.54 Å². The Balaban J connectivity index is 1.47. The Morgan fingerprint density at radius 3 is 2.70 bits per heavy atom. The summed E-state index contributed by atoms with van der Waals surface area (Å²) in [6.07, 6.45) is 0.783. The first kappa shape index (κ1) is 20.3. The molecule has 0 bridgehead atoms. The molecule has 0 saturated carbocycles. The first-order valence-corrected chi connectivity index (χ1v) is 10.7. The third-order valence-corrected chi connectivity index (χ3v) is 5.63. The topological polar surface area (TPSA) is 76.7 Å². The molecule has 0 radical (unpaired) electrons. The van der Waals surface area contributed by atoms with Crippen molar-refractivity contribution in [3.05, 3.63) is 74.9 Å². The van der Waals surface area contributed by atoms with Gasteiger partial charge in [-0.25, -0.2) is 0 Å². The smallest absolute Gasteiger partial charge is 0.265 e. The number of ether oxygens (including phenoxy) is 2. The van der Waals surface area contributed by atoms with Crippen molar-refractivity contribution in [2.75, 3.05) is 18.5 Å². The predicted octanol–water partition coefficient (Wildman–Crippen LogP) is 4.75. The molecule has 3 aromatic rings. The third-order valence-electron chi connectivity index (χ3n) is 4.48. The van der Waals surface area contributed by atoms with Crippen LogP contribution in [0.25, 0.3) is 0 Å². The first-order valence-electron chi connectivity index (χ1n) is 9.42. The lowest BCUT2D eigenvalue weighted by Crippen LogP contribution is -2.24. The van der Waals surface area contributed by atoms with Gasteiger partial charge in [-0.3, -0.25) is 9.59 Å². The molecule has 0 aliphatic carbocycles. The van der Waals surface area contributed by atoms with E-state index in [-0.39, 0.29) is 18.4 Å². The van der Waals surface area contributed by atoms with Crippen LogP contribution in [0.2, 0.25) is 5.02 Å². The SMILES string of the molecule is O=C(Nc1ccccc1C(=O)NCc1cc(Cl)c2c(c1)OCCCO2)c1cccs1. The highest BCUT2D eigenvalue weighted by atomic mass is 35.5. The number of halogens is 1. The lowest BCUT2D eigenvalue weighted by Gasteiger charge is -2.13. The molecule has 0 fully saturated rings. The number of benzene rings is 2. The van der Waals surface area contributed by atoms with E-state index in [0.717, 1.165) is 12.0 Å². The fraction of sp³-hybridized carbons (Fsp3) is 0.182. The number of carbonyl (C=O) groups is 2. The Kier molecular flexibility index (Phi) is 6.21. The quantitative estimate of drug-likeness (QED) is 0.598. The highest BCUT2D eigenvalue weighted by Crippen LogP contribution is 2.38. The Morgan fingerprint density at radius 2 is 1.87 bits per heavy atom. The van der Waals surface area contributed by atoms with Crippen LogP contribution >= 0.6 is 22.9 Å². The summed E-state index contributed by atoms with van der Waals surface area (Å²) >= 11 is 7.66. The molecule has 2 aromatic carbocycles. The summed E-state index contributed by atoms with van der Waals surface area (Å²) in [4.78, 5) is 25.7. The van der Waals surface area contributed by atoms with Crippen LogP contribution in [0, 0.1) is 0 Å². The van der Waals surface area contributed by atoms with Gasteiger partial charge < -0.3 is 20.1 Å². The third kappa shape index (κ3) is 4.58. The summed E-state index contributed by atoms with van der Waals surface area (Å²) in [6, 6.07) is 14.0. The van der Waals surface area contributed by atoms with Gasteiger partial charge in [0.15, 0.2) is 11.5 Å². The van der Waals surface area contributed by atoms with E-state index in [2.05, 4.69) is 10.6 Å². The summed E-state index contributed by atoms with van der Waals surface area (Å²) in [5, 5.41) is 7.95. The van der Waals surface area contributed by atoms with E-state index in [1.807, 2.05) is 11.4 Å². The number of anilines is 1. The molecule has 1 aliphatic rings. The predicted molar refractivity (Wildman–Crippen MR) is 117 cm³/mol. The van der Waals surface area contributed by atoms with E-state index in [9.17, 15) is 9.59 Å². The van der Waals surface area contributed by atoms with Crippen LogP contribution in [0.1, 0.15) is 32.0 Å². The number of amides is 2. The van der Waals surface area contributed by atoms with E-state index in [1.54, 1.807) is 42.5 Å². The number of fused-ring (bicyclic) bond motifs is 1. The fourth-order valence-electron chi connectivity index (χ4n) is 3.05. The van der Waals surface area contributed by atoms with Crippen LogP contribution in [-0.4, -0.2) is 25.0 Å². The van der Waals surface area contributed by atoms with Crippen molar-refractivity contribution in [1.82, 2.24) is 5.32 Å². The summed E-state index contributed by atoms with van der Waals surface area (Å²) in [5.74, 6) is 0.555. The van der Waals surface area contributed by atoms with Crippen molar-refractivity contribution in [2.45, 2.75) is 13.0 Å². The zero-order valence-electron chi connectivity index (χ0n) is 15.9. The number of rotatable bonds is 5. The molecule has 0 spiro atoms. The van der Waals surface area contributed by atoms with E-state index in [0.29, 0.717) is 45.9 Å². The largest absolute Gasteiger partial charge is 0.489 e. The highest BCUT2D eigenvalue weighted by molar-refractivity contribution is 7.12. The maximum Gasteiger partial charge on any atom is 0.265 e. The molecule has 2 N–H and O–H groups in total. The van der Waals surface area contributed by atoms with Crippen molar-refractivity contribution >= 4 is 40.4 Å². The normalized spacial score (nSPS) is 12.7. The standard InChI is InChI=1S/C22H19ClN2O4S/c23-16-11-14(12-18-20(16)29-9-4-8-28-18)13-24-21(26)15-5-1-2-6-17(15)25-22(27)19-7-3-10-30-19/h1-3,5-7,10-12H,4,8-9,13H2,(H,24,26)(H,25,27). The van der Waals surface area contributed by atoms with Crippen LogP contribution in [0.15, 0.2) is 53.9 Å². The fourth-order valence-corrected chi connectivity index (χ4v) is 3.95. The summed E-state index contributed by atoms with van der Waals surface area (Å²) < 4.78 is 11.3. The van der Waals surface area contributed by atoms with Gasteiger partial charge in [0.1, 0.15) is 0 Å². The molecule has 8 heteroatoms. The van der Waals surface area contributed by atoms with Gasteiger partial charge in [0, 0.05) is 13.0 Å². The molecule has 0 atom stereocenters. The Labute approximate surface area is 182 Å². The van der Waals surface area contributed by atoms with Crippen molar-refractivity contribution in [2.24, 2.45) is 0 Å². The minimum atomic E-state index is -0.305. The Hall–Kier alpha value is -3.03. The minimum Gasteiger partial charge on any atom is -0.489 e. The van der Waals surface area contributed by atoms with Crippen molar-refractivity contribution in [3.8, 4) is 11.5 Å². The molecule has 154 valence electrons. The first-order chi connectivity index (χ1) is 14.6. The van der Waals surface area contributed by atoms with Crippen LogP contribution in [0.3, 0.4) is 0 Å². The zero-order chi connectivity index (χ0) is 20.9. The number of hydrogen-bond donors (Lipinski definition) is 2. The second-order valence-electron chi connectivity index (χ2n) is 6.62. The number of nitrogens with one attached hydrogen (secondary N) is 2. The molecule has 2 heterocycles. The van der Waals surface area contributed by atoms with Crippen molar-refractivity contribution in [1.29, 1.82) is 0 Å². The van der Waals surface area contributed by atoms with Crippen LogP contribution < -0.4 is 20.1 Å². The van der Waals surface area contributed by atoms with Gasteiger partial charge >= 0.3 is 0 Å². The summed E-state index contributed by atoms with van der Waals surface area (Å²) in [7, 11) is 0. The highest BCUT2D eigenvalue weighted by Gasteiger charge is 2.17. The molecule has 0 unspecified atom stereocenters. The summed E-state index contributed by atoms with van der Waals surface area (Å²) in [5.41, 5.74) is 1.62. The molecule has 0 saturated heterocycles. The maximum absolute atomic E-state index is 12.8. The van der Waals surface area contributed by atoms with Gasteiger partial charge in [0.05, 0.1) is 34.4 Å². The molecular formula is C22H19ClN2O4S. The van der Waals surface area contributed by atoms with Gasteiger partial charge in [0.25, 0.3) is 11.8 Å². The second kappa shape index (κ2) is 9.19. The molecule has 6 nitrogen and oxygen atoms in total.